The number of ether oxygens (including phenoxy) is 4. The number of nitrogens with one attached hydrogen (secondary N) is 1. The van der Waals surface area contributed by atoms with Crippen molar-refractivity contribution in [2.75, 3.05) is 55.2 Å². The number of hydrogen-bond acceptors (Lipinski definition) is 5. The maximum absolute atomic E-state index is 5.70. The number of methoxy groups -OCH3 is 3. The van der Waals surface area contributed by atoms with Gasteiger partial charge in [0, 0.05) is 39.4 Å². The Morgan fingerprint density at radius 2 is 1.88 bits per heavy atom. The van der Waals surface area contributed by atoms with Crippen LogP contribution in [0.25, 0.3) is 0 Å². The molecule has 0 saturated heterocycles. The summed E-state index contributed by atoms with van der Waals surface area (Å²) in [5, 5.41) is 3.36. The van der Waals surface area contributed by atoms with Gasteiger partial charge in [-0.2, -0.15) is 0 Å². The molecule has 0 atom stereocenters. The molecule has 0 unspecified atom stereocenters. The summed E-state index contributed by atoms with van der Waals surface area (Å²) in [5.41, 5.74) is 0.963. The zero-order valence-electron chi connectivity index (χ0n) is 16.5. The number of nitrogens with zero attached hydrogens (tertiary/aromatic N) is 2. The van der Waals surface area contributed by atoms with Crippen molar-refractivity contribution < 1.29 is 18.9 Å². The Morgan fingerprint density at radius 3 is 2.46 bits per heavy atom. The number of rotatable bonds is 10. The molecule has 0 bridgehead atoms. The molecule has 0 aromatic heterocycles. The molecule has 0 radical (unpaired) electrons. The van der Waals surface area contributed by atoms with Crippen molar-refractivity contribution in [2.24, 2.45) is 10.9 Å². The lowest BCUT2D eigenvalue weighted by atomic mass is 10.1. The van der Waals surface area contributed by atoms with E-state index in [4.69, 9.17) is 18.9 Å². The van der Waals surface area contributed by atoms with Crippen LogP contribution in [-0.2, 0) is 11.3 Å². The van der Waals surface area contributed by atoms with E-state index in [0.29, 0.717) is 30.4 Å². The minimum atomic E-state index is 0.559. The van der Waals surface area contributed by atoms with Crippen LogP contribution < -0.4 is 19.5 Å². The van der Waals surface area contributed by atoms with E-state index in [9.17, 15) is 0 Å². The molecule has 146 valence electrons. The average Bonchev–Trinajstić information content (AvgIpc) is 3.49. The minimum Gasteiger partial charge on any atom is -0.493 e. The number of guanidine groups is 1. The van der Waals surface area contributed by atoms with E-state index in [1.54, 1.807) is 28.4 Å². The fourth-order valence-corrected chi connectivity index (χ4v) is 2.70. The molecule has 7 heteroatoms. The molecule has 1 fully saturated rings. The van der Waals surface area contributed by atoms with Crippen LogP contribution in [0.5, 0.6) is 17.2 Å². The lowest BCUT2D eigenvalue weighted by molar-refractivity contribution is 0.115. The molecule has 0 heterocycles. The Labute approximate surface area is 156 Å². The first-order valence-electron chi connectivity index (χ1n) is 8.91. The van der Waals surface area contributed by atoms with Crippen molar-refractivity contribution >= 4 is 5.96 Å². The van der Waals surface area contributed by atoms with Crippen LogP contribution in [0.3, 0.4) is 0 Å². The molecular weight excluding hydrogens is 334 g/mol. The second-order valence-corrected chi connectivity index (χ2v) is 6.33. The average molecular weight is 365 g/mol. The van der Waals surface area contributed by atoms with Gasteiger partial charge in [0.25, 0.3) is 0 Å². The second kappa shape index (κ2) is 10.1. The van der Waals surface area contributed by atoms with Crippen LogP contribution in [0.4, 0.5) is 0 Å². The smallest absolute Gasteiger partial charge is 0.203 e. The van der Waals surface area contributed by atoms with Crippen molar-refractivity contribution in [3.63, 3.8) is 0 Å². The fourth-order valence-electron chi connectivity index (χ4n) is 2.70. The Balaban J connectivity index is 1.92. The molecule has 0 aliphatic heterocycles. The van der Waals surface area contributed by atoms with Gasteiger partial charge in [0.1, 0.15) is 0 Å². The number of likely N-dealkylation sites (N-methyl/N-ethyl adjacent to an activating group) is 1. The molecule has 0 amide bonds. The highest BCUT2D eigenvalue weighted by Gasteiger charge is 2.21. The van der Waals surface area contributed by atoms with Crippen molar-refractivity contribution in [3.05, 3.63) is 17.7 Å². The third-order valence-corrected chi connectivity index (χ3v) is 4.42. The summed E-state index contributed by atoms with van der Waals surface area (Å²) in [7, 11) is 8.61. The Hall–Kier alpha value is -2.15. The predicted molar refractivity (Wildman–Crippen MR) is 102 cm³/mol. The maximum Gasteiger partial charge on any atom is 0.203 e. The molecule has 26 heavy (non-hydrogen) atoms. The highest BCUT2D eigenvalue weighted by molar-refractivity contribution is 5.79. The van der Waals surface area contributed by atoms with Gasteiger partial charge < -0.3 is 29.2 Å². The third-order valence-electron chi connectivity index (χ3n) is 4.42. The quantitative estimate of drug-likeness (QED) is 0.389. The van der Waals surface area contributed by atoms with Gasteiger partial charge in [0.05, 0.1) is 27.9 Å². The van der Waals surface area contributed by atoms with Crippen LogP contribution in [0.1, 0.15) is 18.4 Å². The second-order valence-electron chi connectivity index (χ2n) is 6.33. The van der Waals surface area contributed by atoms with Crippen molar-refractivity contribution in [1.82, 2.24) is 10.2 Å². The van der Waals surface area contributed by atoms with E-state index < -0.39 is 0 Å². The van der Waals surface area contributed by atoms with Crippen LogP contribution in [0.15, 0.2) is 17.1 Å². The topological polar surface area (TPSA) is 64.6 Å². The predicted octanol–water partition coefficient (Wildman–Crippen LogP) is 2.15. The van der Waals surface area contributed by atoms with Crippen LogP contribution in [0, 0.1) is 5.92 Å². The molecule has 1 aromatic rings. The Morgan fingerprint density at radius 1 is 1.15 bits per heavy atom. The van der Waals surface area contributed by atoms with E-state index in [1.807, 2.05) is 19.2 Å². The largest absolute Gasteiger partial charge is 0.493 e. The van der Waals surface area contributed by atoms with E-state index in [2.05, 4.69) is 15.2 Å². The number of hydrogen-bond donors (Lipinski definition) is 1. The summed E-state index contributed by atoms with van der Waals surface area (Å²) in [6, 6.07) is 3.83. The van der Waals surface area contributed by atoms with Crippen LogP contribution >= 0.6 is 0 Å². The lowest BCUT2D eigenvalue weighted by Crippen LogP contribution is -2.40. The van der Waals surface area contributed by atoms with Crippen molar-refractivity contribution in [2.45, 2.75) is 19.4 Å². The zero-order valence-corrected chi connectivity index (χ0v) is 16.5. The van der Waals surface area contributed by atoms with Gasteiger partial charge in [-0.3, -0.25) is 4.99 Å². The van der Waals surface area contributed by atoms with Gasteiger partial charge in [-0.05, 0) is 30.9 Å². The van der Waals surface area contributed by atoms with Gasteiger partial charge in [-0.25, -0.2) is 0 Å². The van der Waals surface area contributed by atoms with Crippen LogP contribution in [-0.4, -0.2) is 66.0 Å². The fraction of sp³-hybridized carbons (Fsp3) is 0.632. The molecule has 1 aliphatic carbocycles. The summed E-state index contributed by atoms with van der Waals surface area (Å²) in [5.74, 6) is 3.48. The maximum atomic E-state index is 5.70. The van der Waals surface area contributed by atoms with E-state index in [-0.39, 0.29) is 0 Å². The summed E-state index contributed by atoms with van der Waals surface area (Å²) < 4.78 is 22.0. The van der Waals surface area contributed by atoms with E-state index in [1.165, 1.54) is 12.8 Å². The van der Waals surface area contributed by atoms with Gasteiger partial charge >= 0.3 is 0 Å². The van der Waals surface area contributed by atoms with Crippen molar-refractivity contribution in [1.29, 1.82) is 0 Å². The normalized spacial score (nSPS) is 14.1. The van der Waals surface area contributed by atoms with Crippen molar-refractivity contribution in [3.8, 4) is 17.2 Å². The summed E-state index contributed by atoms with van der Waals surface area (Å²) in [6.45, 7) is 2.93. The van der Waals surface area contributed by atoms with Gasteiger partial charge in [-0.15, -0.1) is 0 Å². The molecule has 0 spiro atoms. The highest BCUT2D eigenvalue weighted by atomic mass is 16.5. The standard InChI is InChI=1S/C19H31N3O4/c1-20-19(22(2)10-11-26-13-14-6-7-14)21-12-15-8-9-16(23-3)18(25-5)17(15)24-4/h8-9,14H,6-7,10-13H2,1-5H3,(H,20,21). The SMILES string of the molecule is CN=C(NCc1ccc(OC)c(OC)c1OC)N(C)CCOCC1CC1. The number of aliphatic imine (C=N–C) groups is 1. The number of benzene rings is 1. The summed E-state index contributed by atoms with van der Waals surface area (Å²) in [4.78, 5) is 6.40. The molecular formula is C19H31N3O4. The summed E-state index contributed by atoms with van der Waals surface area (Å²) in [6.07, 6.45) is 2.62. The third kappa shape index (κ3) is 5.42. The molecule has 1 aliphatic rings. The van der Waals surface area contributed by atoms with Crippen LogP contribution in [0.2, 0.25) is 0 Å². The monoisotopic (exact) mass is 365 g/mol. The first-order valence-corrected chi connectivity index (χ1v) is 8.91. The minimum absolute atomic E-state index is 0.559. The summed E-state index contributed by atoms with van der Waals surface area (Å²) >= 11 is 0. The van der Waals surface area contributed by atoms with E-state index >= 15 is 0 Å². The molecule has 1 aromatic carbocycles. The first-order chi connectivity index (χ1) is 12.6. The lowest BCUT2D eigenvalue weighted by Gasteiger charge is -2.23. The Bertz CT molecular complexity index is 603. The molecule has 7 nitrogen and oxygen atoms in total. The van der Waals surface area contributed by atoms with Gasteiger partial charge in [0.2, 0.25) is 5.75 Å². The first kappa shape index (κ1) is 20.2. The highest BCUT2D eigenvalue weighted by Crippen LogP contribution is 2.39. The van der Waals surface area contributed by atoms with Gasteiger partial charge in [-0.1, -0.05) is 0 Å². The Kier molecular flexibility index (Phi) is 7.84. The van der Waals surface area contributed by atoms with Gasteiger partial charge in [0.15, 0.2) is 17.5 Å². The molecule has 2 rings (SSSR count). The van der Waals surface area contributed by atoms with E-state index in [0.717, 1.165) is 30.6 Å². The molecule has 1 saturated carbocycles. The zero-order chi connectivity index (χ0) is 18.9. The molecule has 1 N–H and O–H groups in total.